The number of carbonyl (C=O) groups excluding carboxylic acids is 1. The molecule has 1 aromatic rings. The molecule has 1 aromatic carbocycles. The van der Waals surface area contributed by atoms with Crippen LogP contribution < -0.4 is 10.0 Å². The van der Waals surface area contributed by atoms with Crippen LogP contribution >= 0.6 is 0 Å². The highest BCUT2D eigenvalue weighted by Crippen LogP contribution is 2.18. The SMILES string of the molecule is Cc1cc(C(=O)N2CCCNCC2)ccc1N[SH](=O)=O. The highest BCUT2D eigenvalue weighted by molar-refractivity contribution is 7.73. The van der Waals surface area contributed by atoms with Crippen molar-refractivity contribution in [3.8, 4) is 0 Å². The second-order valence-corrected chi connectivity index (χ2v) is 5.53. The molecular weight excluding hydrogens is 278 g/mol. The van der Waals surface area contributed by atoms with E-state index < -0.39 is 10.9 Å². The standard InChI is InChI=1S/C13H19N3O3S/c1-10-9-11(3-4-12(10)15-20(18)19)13(17)16-7-2-5-14-6-8-16/h3-4,9,14,20H,2,5-8H2,1H3,(H,15,18,19). The zero-order valence-electron chi connectivity index (χ0n) is 11.4. The molecule has 1 aliphatic rings. The van der Waals surface area contributed by atoms with Crippen LogP contribution in [-0.2, 0) is 10.9 Å². The van der Waals surface area contributed by atoms with Gasteiger partial charge >= 0.3 is 0 Å². The Labute approximate surface area is 120 Å². The first-order chi connectivity index (χ1) is 9.58. The summed E-state index contributed by atoms with van der Waals surface area (Å²) in [5.41, 5.74) is 1.84. The van der Waals surface area contributed by atoms with Gasteiger partial charge in [-0.05, 0) is 43.7 Å². The smallest absolute Gasteiger partial charge is 0.253 e. The summed E-state index contributed by atoms with van der Waals surface area (Å²) in [6, 6.07) is 5.01. The van der Waals surface area contributed by atoms with E-state index in [0.717, 1.165) is 31.6 Å². The van der Waals surface area contributed by atoms with Crippen LogP contribution in [0.25, 0.3) is 0 Å². The number of rotatable bonds is 3. The Morgan fingerprint density at radius 1 is 1.30 bits per heavy atom. The lowest BCUT2D eigenvalue weighted by molar-refractivity contribution is 0.0766. The molecule has 1 fully saturated rings. The molecule has 7 heteroatoms. The second kappa shape index (κ2) is 6.71. The van der Waals surface area contributed by atoms with Gasteiger partial charge in [0.05, 0.1) is 5.69 Å². The summed E-state index contributed by atoms with van der Waals surface area (Å²) >= 11 is 0. The molecular formula is C13H19N3O3S. The lowest BCUT2D eigenvalue weighted by atomic mass is 10.1. The average Bonchev–Trinajstić information content (AvgIpc) is 2.68. The van der Waals surface area contributed by atoms with Crippen LogP contribution in [0.5, 0.6) is 0 Å². The topological polar surface area (TPSA) is 78.5 Å². The van der Waals surface area contributed by atoms with Crippen LogP contribution in [-0.4, -0.2) is 45.4 Å². The van der Waals surface area contributed by atoms with Crippen molar-refractivity contribution in [2.24, 2.45) is 0 Å². The Morgan fingerprint density at radius 3 is 2.80 bits per heavy atom. The first-order valence-electron chi connectivity index (χ1n) is 6.59. The fourth-order valence-corrected chi connectivity index (χ4v) is 2.70. The van der Waals surface area contributed by atoms with Gasteiger partial charge in [0.1, 0.15) is 0 Å². The van der Waals surface area contributed by atoms with Gasteiger partial charge in [-0.2, -0.15) is 0 Å². The minimum Gasteiger partial charge on any atom is -0.337 e. The van der Waals surface area contributed by atoms with Crippen molar-refractivity contribution < 1.29 is 13.2 Å². The summed E-state index contributed by atoms with van der Waals surface area (Å²) in [5.74, 6) is -0.00476. The molecule has 2 rings (SSSR count). The fraction of sp³-hybridized carbons (Fsp3) is 0.462. The molecule has 0 saturated carbocycles. The molecule has 0 radical (unpaired) electrons. The largest absolute Gasteiger partial charge is 0.337 e. The third-order valence-electron chi connectivity index (χ3n) is 3.31. The summed E-state index contributed by atoms with van der Waals surface area (Å²) in [6.07, 6.45) is 0.945. The summed E-state index contributed by atoms with van der Waals surface area (Å²) in [5, 5.41) is 3.25. The fourth-order valence-electron chi connectivity index (χ4n) is 2.25. The van der Waals surface area contributed by atoms with Crippen molar-refractivity contribution in [3.05, 3.63) is 29.3 Å². The lowest BCUT2D eigenvalue weighted by Gasteiger charge is -2.20. The van der Waals surface area contributed by atoms with Gasteiger partial charge in [-0.25, -0.2) is 8.42 Å². The van der Waals surface area contributed by atoms with Crippen LogP contribution in [0.1, 0.15) is 22.3 Å². The molecule has 0 unspecified atom stereocenters. The zero-order chi connectivity index (χ0) is 14.5. The number of aryl methyl sites for hydroxylation is 1. The first-order valence-corrected chi connectivity index (χ1v) is 7.77. The van der Waals surface area contributed by atoms with Gasteiger partial charge in [0.2, 0.25) is 10.9 Å². The van der Waals surface area contributed by atoms with Gasteiger partial charge in [-0.15, -0.1) is 0 Å². The Hall–Kier alpha value is -1.60. The van der Waals surface area contributed by atoms with Crippen molar-refractivity contribution in [1.29, 1.82) is 0 Å². The van der Waals surface area contributed by atoms with E-state index in [4.69, 9.17) is 0 Å². The number of amides is 1. The van der Waals surface area contributed by atoms with E-state index in [0.29, 0.717) is 17.8 Å². The number of anilines is 1. The van der Waals surface area contributed by atoms with Crippen LogP contribution in [0, 0.1) is 6.92 Å². The molecule has 6 nitrogen and oxygen atoms in total. The van der Waals surface area contributed by atoms with Gasteiger partial charge in [0.15, 0.2) is 0 Å². The molecule has 1 heterocycles. The van der Waals surface area contributed by atoms with Gasteiger partial charge in [-0.1, -0.05) is 0 Å². The number of hydrogen-bond acceptors (Lipinski definition) is 4. The monoisotopic (exact) mass is 297 g/mol. The quantitative estimate of drug-likeness (QED) is 0.704. The minimum absolute atomic E-state index is 0.00476. The summed E-state index contributed by atoms with van der Waals surface area (Å²) in [4.78, 5) is 14.2. The van der Waals surface area contributed by atoms with Gasteiger partial charge in [0.25, 0.3) is 5.91 Å². The van der Waals surface area contributed by atoms with Crippen LogP contribution in [0.2, 0.25) is 0 Å². The third-order valence-corrected chi connectivity index (χ3v) is 3.74. The van der Waals surface area contributed by atoms with Crippen molar-refractivity contribution >= 4 is 22.5 Å². The molecule has 110 valence electrons. The zero-order valence-corrected chi connectivity index (χ0v) is 12.3. The number of thiol groups is 1. The molecule has 1 saturated heterocycles. The number of carbonyl (C=O) groups is 1. The third kappa shape index (κ3) is 3.71. The average molecular weight is 297 g/mol. The maximum atomic E-state index is 12.4. The van der Waals surface area contributed by atoms with Crippen molar-refractivity contribution in [2.45, 2.75) is 13.3 Å². The Balaban J connectivity index is 2.15. The molecule has 0 atom stereocenters. The van der Waals surface area contributed by atoms with Gasteiger partial charge in [0, 0.05) is 25.2 Å². The first kappa shape index (κ1) is 14.8. The van der Waals surface area contributed by atoms with Crippen LogP contribution in [0.3, 0.4) is 0 Å². The molecule has 20 heavy (non-hydrogen) atoms. The number of nitrogens with zero attached hydrogens (tertiary/aromatic N) is 1. The van der Waals surface area contributed by atoms with E-state index in [1.54, 1.807) is 25.1 Å². The summed E-state index contributed by atoms with van der Waals surface area (Å²) in [6.45, 7) is 4.97. The molecule has 0 aromatic heterocycles. The van der Waals surface area contributed by atoms with Crippen molar-refractivity contribution in [1.82, 2.24) is 10.2 Å². The lowest BCUT2D eigenvalue weighted by Crippen LogP contribution is -2.34. The predicted octanol–water partition coefficient (Wildman–Crippen LogP) is 0.369. The van der Waals surface area contributed by atoms with E-state index in [9.17, 15) is 13.2 Å². The molecule has 1 amide bonds. The van der Waals surface area contributed by atoms with Crippen LogP contribution in [0.15, 0.2) is 18.2 Å². The van der Waals surface area contributed by atoms with E-state index in [-0.39, 0.29) is 5.91 Å². The van der Waals surface area contributed by atoms with E-state index in [1.165, 1.54) is 0 Å². The van der Waals surface area contributed by atoms with Gasteiger partial charge in [-0.3, -0.25) is 9.52 Å². The van der Waals surface area contributed by atoms with Crippen molar-refractivity contribution in [2.75, 3.05) is 30.9 Å². The predicted molar refractivity (Wildman–Crippen MR) is 78.5 cm³/mol. The van der Waals surface area contributed by atoms with Gasteiger partial charge < -0.3 is 10.2 Å². The molecule has 0 bridgehead atoms. The number of benzene rings is 1. The maximum Gasteiger partial charge on any atom is 0.253 e. The number of nitrogens with one attached hydrogen (secondary N) is 2. The Bertz CT molecular complexity index is 556. The molecule has 2 N–H and O–H groups in total. The second-order valence-electron chi connectivity index (χ2n) is 4.79. The number of hydrogen-bond donors (Lipinski definition) is 3. The van der Waals surface area contributed by atoms with E-state index in [1.807, 2.05) is 4.90 Å². The summed E-state index contributed by atoms with van der Waals surface area (Å²) < 4.78 is 23.7. The highest BCUT2D eigenvalue weighted by Gasteiger charge is 2.17. The van der Waals surface area contributed by atoms with Crippen molar-refractivity contribution in [3.63, 3.8) is 0 Å². The summed E-state index contributed by atoms with van der Waals surface area (Å²) in [7, 11) is -2.69. The Kier molecular flexibility index (Phi) is 4.97. The normalized spacial score (nSPS) is 16.0. The van der Waals surface area contributed by atoms with Crippen LogP contribution in [0.4, 0.5) is 5.69 Å². The highest BCUT2D eigenvalue weighted by atomic mass is 32.2. The molecule has 0 spiro atoms. The van der Waals surface area contributed by atoms with E-state index in [2.05, 4.69) is 10.0 Å². The maximum absolute atomic E-state index is 12.4. The minimum atomic E-state index is -2.69. The molecule has 1 aliphatic heterocycles. The molecule has 0 aliphatic carbocycles. The van der Waals surface area contributed by atoms with E-state index >= 15 is 0 Å². The Morgan fingerprint density at radius 2 is 2.10 bits per heavy atom.